The maximum atomic E-state index is 12.9. The molecule has 0 spiro atoms. The van der Waals surface area contributed by atoms with Gasteiger partial charge in [-0.15, -0.1) is 10.2 Å². The Hall–Kier alpha value is -3.57. The lowest BCUT2D eigenvalue weighted by atomic mass is 10.1. The summed E-state index contributed by atoms with van der Waals surface area (Å²) < 4.78 is 5.32. The SMILES string of the molecule is COc1cccc2c1C(=O)N(c1nnc(C(=O)Nc3cnccc3N3CCNCC3)s1)C2. The van der Waals surface area contributed by atoms with Gasteiger partial charge >= 0.3 is 0 Å². The zero-order valence-electron chi connectivity index (χ0n) is 17.4. The first-order valence-corrected chi connectivity index (χ1v) is 11.0. The van der Waals surface area contributed by atoms with Crippen molar-refractivity contribution >= 4 is 39.7 Å². The van der Waals surface area contributed by atoms with Crippen molar-refractivity contribution in [1.29, 1.82) is 0 Å². The summed E-state index contributed by atoms with van der Waals surface area (Å²) in [5.41, 5.74) is 2.90. The molecule has 164 valence electrons. The van der Waals surface area contributed by atoms with Crippen molar-refractivity contribution in [3.8, 4) is 5.75 Å². The molecule has 1 aromatic carbocycles. The molecule has 5 rings (SSSR count). The molecule has 2 N–H and O–H groups in total. The Morgan fingerprint density at radius 2 is 2.06 bits per heavy atom. The summed E-state index contributed by atoms with van der Waals surface area (Å²) in [5, 5.41) is 14.9. The van der Waals surface area contributed by atoms with E-state index in [1.165, 1.54) is 12.0 Å². The molecule has 2 aliphatic heterocycles. The van der Waals surface area contributed by atoms with E-state index >= 15 is 0 Å². The third kappa shape index (κ3) is 3.65. The first-order chi connectivity index (χ1) is 15.7. The van der Waals surface area contributed by atoms with E-state index in [-0.39, 0.29) is 16.8 Å². The van der Waals surface area contributed by atoms with Crippen molar-refractivity contribution in [2.75, 3.05) is 48.4 Å². The molecule has 0 bridgehead atoms. The maximum Gasteiger partial charge on any atom is 0.286 e. The quantitative estimate of drug-likeness (QED) is 0.604. The topological polar surface area (TPSA) is 113 Å². The van der Waals surface area contributed by atoms with E-state index in [4.69, 9.17) is 4.74 Å². The first kappa shape index (κ1) is 20.3. The average Bonchev–Trinajstić information content (AvgIpc) is 3.45. The predicted octanol–water partition coefficient (Wildman–Crippen LogP) is 1.76. The summed E-state index contributed by atoms with van der Waals surface area (Å²) in [6.07, 6.45) is 3.34. The lowest BCUT2D eigenvalue weighted by Crippen LogP contribution is -2.43. The Kier molecular flexibility index (Phi) is 5.41. The number of ether oxygens (including phenoxy) is 1. The number of nitrogens with zero attached hydrogens (tertiary/aromatic N) is 5. The number of piperazine rings is 1. The number of aromatic nitrogens is 3. The van der Waals surface area contributed by atoms with Crippen molar-refractivity contribution in [2.24, 2.45) is 0 Å². The Morgan fingerprint density at radius 1 is 1.22 bits per heavy atom. The Labute approximate surface area is 188 Å². The standard InChI is InChI=1S/C21H21N7O3S/c1-31-16-4-2-3-13-12-28(20(30)17(13)16)21-26-25-19(32-21)18(29)24-14-11-23-6-5-15(14)27-9-7-22-8-10-27/h2-6,11,22H,7-10,12H2,1H3,(H,24,29). The van der Waals surface area contributed by atoms with Crippen molar-refractivity contribution in [1.82, 2.24) is 20.5 Å². The number of anilines is 3. The van der Waals surface area contributed by atoms with Crippen LogP contribution in [0.4, 0.5) is 16.5 Å². The van der Waals surface area contributed by atoms with Crippen molar-refractivity contribution in [3.63, 3.8) is 0 Å². The number of fused-ring (bicyclic) bond motifs is 1. The van der Waals surface area contributed by atoms with Crippen LogP contribution in [0.25, 0.3) is 0 Å². The molecule has 1 saturated heterocycles. The summed E-state index contributed by atoms with van der Waals surface area (Å²) >= 11 is 1.07. The van der Waals surface area contributed by atoms with Crippen LogP contribution in [0.15, 0.2) is 36.7 Å². The molecule has 2 amide bonds. The molecule has 0 saturated carbocycles. The molecule has 10 nitrogen and oxygen atoms in total. The molecule has 4 heterocycles. The number of pyridine rings is 1. The van der Waals surface area contributed by atoms with Gasteiger partial charge in [0, 0.05) is 32.4 Å². The van der Waals surface area contributed by atoms with Gasteiger partial charge in [-0.2, -0.15) is 0 Å². The van der Waals surface area contributed by atoms with E-state index in [1.807, 2.05) is 18.2 Å². The molecule has 32 heavy (non-hydrogen) atoms. The molecule has 2 aliphatic rings. The van der Waals surface area contributed by atoms with Gasteiger partial charge in [0.25, 0.3) is 11.8 Å². The minimum Gasteiger partial charge on any atom is -0.496 e. The minimum absolute atomic E-state index is 0.172. The smallest absolute Gasteiger partial charge is 0.286 e. The minimum atomic E-state index is -0.389. The fourth-order valence-corrected chi connectivity index (χ4v) is 4.65. The van der Waals surface area contributed by atoms with Gasteiger partial charge < -0.3 is 20.3 Å². The van der Waals surface area contributed by atoms with Gasteiger partial charge in [0.05, 0.1) is 36.8 Å². The number of benzene rings is 1. The number of nitrogens with one attached hydrogen (secondary N) is 2. The predicted molar refractivity (Wildman–Crippen MR) is 121 cm³/mol. The number of hydrogen-bond acceptors (Lipinski definition) is 9. The van der Waals surface area contributed by atoms with Crippen molar-refractivity contribution in [3.05, 3.63) is 52.8 Å². The molecule has 1 fully saturated rings. The molecule has 3 aromatic rings. The van der Waals surface area contributed by atoms with Gasteiger partial charge in [0.1, 0.15) is 5.75 Å². The lowest BCUT2D eigenvalue weighted by molar-refractivity contribution is 0.0992. The third-order valence-corrected chi connectivity index (χ3v) is 6.41. The molecular formula is C21H21N7O3S. The molecule has 11 heteroatoms. The van der Waals surface area contributed by atoms with E-state index in [2.05, 4.69) is 30.7 Å². The number of carbonyl (C=O) groups is 2. The Morgan fingerprint density at radius 3 is 2.88 bits per heavy atom. The highest BCUT2D eigenvalue weighted by atomic mass is 32.1. The van der Waals surface area contributed by atoms with Crippen LogP contribution < -0.4 is 25.2 Å². The zero-order valence-corrected chi connectivity index (χ0v) is 18.2. The first-order valence-electron chi connectivity index (χ1n) is 10.2. The second kappa shape index (κ2) is 8.52. The molecule has 0 radical (unpaired) electrons. The average molecular weight is 452 g/mol. The monoisotopic (exact) mass is 451 g/mol. The molecule has 0 unspecified atom stereocenters. The highest BCUT2D eigenvalue weighted by molar-refractivity contribution is 7.17. The molecule has 0 aliphatic carbocycles. The van der Waals surface area contributed by atoms with Crippen LogP contribution in [0.2, 0.25) is 0 Å². The van der Waals surface area contributed by atoms with Crippen molar-refractivity contribution in [2.45, 2.75) is 6.54 Å². The number of hydrogen-bond donors (Lipinski definition) is 2. The summed E-state index contributed by atoms with van der Waals surface area (Å²) in [4.78, 5) is 33.7. The largest absolute Gasteiger partial charge is 0.496 e. The molecule has 2 aromatic heterocycles. The number of amides is 2. The van der Waals surface area contributed by atoms with Crippen LogP contribution in [0.5, 0.6) is 5.75 Å². The summed E-state index contributed by atoms with van der Waals surface area (Å²) in [6, 6.07) is 7.37. The van der Waals surface area contributed by atoms with Crippen molar-refractivity contribution < 1.29 is 14.3 Å². The molecule has 0 atom stereocenters. The van der Waals surface area contributed by atoms with Crippen LogP contribution in [-0.4, -0.2) is 60.3 Å². The highest BCUT2D eigenvalue weighted by Gasteiger charge is 2.34. The second-order valence-electron chi connectivity index (χ2n) is 7.36. The van der Waals surface area contributed by atoms with Gasteiger partial charge in [-0.25, -0.2) is 0 Å². The van der Waals surface area contributed by atoms with Gasteiger partial charge in [-0.05, 0) is 17.7 Å². The van der Waals surface area contributed by atoms with Crippen LogP contribution in [0.1, 0.15) is 25.7 Å². The fraction of sp³-hybridized carbons (Fsp3) is 0.286. The van der Waals surface area contributed by atoms with E-state index in [0.29, 0.717) is 28.7 Å². The summed E-state index contributed by atoms with van der Waals surface area (Å²) in [7, 11) is 1.53. The summed E-state index contributed by atoms with van der Waals surface area (Å²) in [6.45, 7) is 3.81. The van der Waals surface area contributed by atoms with E-state index in [9.17, 15) is 9.59 Å². The van der Waals surface area contributed by atoms with E-state index in [1.54, 1.807) is 18.5 Å². The number of rotatable bonds is 5. The van der Waals surface area contributed by atoms with Gasteiger partial charge in [-0.1, -0.05) is 23.5 Å². The Balaban J connectivity index is 1.34. The third-order valence-electron chi connectivity index (χ3n) is 5.46. The number of methoxy groups -OCH3 is 1. The van der Waals surface area contributed by atoms with Gasteiger partial charge in [-0.3, -0.25) is 19.5 Å². The van der Waals surface area contributed by atoms with E-state index < -0.39 is 0 Å². The van der Waals surface area contributed by atoms with Crippen LogP contribution in [0.3, 0.4) is 0 Å². The summed E-state index contributed by atoms with van der Waals surface area (Å²) in [5.74, 6) is -0.0804. The normalized spacial score (nSPS) is 15.6. The van der Waals surface area contributed by atoms with Gasteiger partial charge in [0.2, 0.25) is 10.1 Å². The fourth-order valence-electron chi connectivity index (χ4n) is 3.91. The second-order valence-corrected chi connectivity index (χ2v) is 8.32. The van der Waals surface area contributed by atoms with E-state index in [0.717, 1.165) is 48.8 Å². The van der Waals surface area contributed by atoms with Crippen LogP contribution in [0, 0.1) is 0 Å². The van der Waals surface area contributed by atoms with Gasteiger partial charge in [0.15, 0.2) is 0 Å². The zero-order chi connectivity index (χ0) is 22.1. The maximum absolute atomic E-state index is 12.9. The van der Waals surface area contributed by atoms with Crippen LogP contribution >= 0.6 is 11.3 Å². The molecular weight excluding hydrogens is 430 g/mol. The number of carbonyl (C=O) groups excluding carboxylic acids is 2. The lowest BCUT2D eigenvalue weighted by Gasteiger charge is -2.30. The highest BCUT2D eigenvalue weighted by Crippen LogP contribution is 2.35. The Bertz CT molecular complexity index is 1180. The van der Waals surface area contributed by atoms with Crippen LogP contribution in [-0.2, 0) is 6.54 Å².